The van der Waals surface area contributed by atoms with Gasteiger partial charge in [-0.25, -0.2) is 0 Å². The fourth-order valence-corrected chi connectivity index (χ4v) is 1.76. The Hall–Kier alpha value is -2.02. The van der Waals surface area contributed by atoms with Gasteiger partial charge in [0, 0.05) is 5.92 Å². The minimum atomic E-state index is -1.09. The van der Waals surface area contributed by atoms with Gasteiger partial charge in [-0.15, -0.1) is 0 Å². The van der Waals surface area contributed by atoms with Crippen LogP contribution in [-0.2, 0) is 4.79 Å². The maximum atomic E-state index is 10.9. The number of methoxy groups -OCH3 is 1. The van der Waals surface area contributed by atoms with Gasteiger partial charge in [0.05, 0.1) is 13.2 Å². The van der Waals surface area contributed by atoms with E-state index in [1.807, 2.05) is 19.1 Å². The molecular formula is C13H15NO3. The van der Waals surface area contributed by atoms with Gasteiger partial charge in [-0.05, 0) is 24.1 Å². The fourth-order valence-electron chi connectivity index (χ4n) is 1.76. The summed E-state index contributed by atoms with van der Waals surface area (Å²) >= 11 is 0. The summed E-state index contributed by atoms with van der Waals surface area (Å²) in [5, 5.41) is 17.8. The Morgan fingerprint density at radius 2 is 2.18 bits per heavy atom. The highest BCUT2D eigenvalue weighted by atomic mass is 16.5. The van der Waals surface area contributed by atoms with Gasteiger partial charge in [0.25, 0.3) is 0 Å². The van der Waals surface area contributed by atoms with Crippen molar-refractivity contribution in [2.24, 2.45) is 5.92 Å². The summed E-state index contributed by atoms with van der Waals surface area (Å²) in [6.45, 7) is 3.63. The first-order valence-corrected chi connectivity index (χ1v) is 5.28. The third-order valence-corrected chi connectivity index (χ3v) is 2.85. The summed E-state index contributed by atoms with van der Waals surface area (Å²) in [7, 11) is 1.58. The third kappa shape index (κ3) is 2.76. The molecule has 0 saturated carbocycles. The van der Waals surface area contributed by atoms with Gasteiger partial charge < -0.3 is 9.84 Å². The monoisotopic (exact) mass is 233 g/mol. The Morgan fingerprint density at radius 1 is 1.53 bits per heavy atom. The highest BCUT2D eigenvalue weighted by Crippen LogP contribution is 2.28. The molecule has 0 aliphatic rings. The van der Waals surface area contributed by atoms with E-state index in [1.165, 1.54) is 0 Å². The van der Waals surface area contributed by atoms with Crippen LogP contribution >= 0.6 is 0 Å². The number of hydrogen-bond acceptors (Lipinski definition) is 3. The molecule has 2 atom stereocenters. The zero-order valence-electron chi connectivity index (χ0n) is 10.1. The van der Waals surface area contributed by atoms with Crippen molar-refractivity contribution >= 4 is 5.97 Å². The van der Waals surface area contributed by atoms with E-state index < -0.39 is 11.9 Å². The third-order valence-electron chi connectivity index (χ3n) is 2.85. The van der Waals surface area contributed by atoms with Crippen LogP contribution in [0.25, 0.3) is 0 Å². The summed E-state index contributed by atoms with van der Waals surface area (Å²) in [6, 6.07) is 7.26. The van der Waals surface area contributed by atoms with E-state index in [2.05, 4.69) is 0 Å². The lowest BCUT2D eigenvalue weighted by Gasteiger charge is -2.16. The van der Waals surface area contributed by atoms with Crippen molar-refractivity contribution in [2.75, 3.05) is 7.11 Å². The van der Waals surface area contributed by atoms with E-state index in [-0.39, 0.29) is 5.92 Å². The van der Waals surface area contributed by atoms with Gasteiger partial charge in [0.2, 0.25) is 0 Å². The summed E-state index contributed by atoms with van der Waals surface area (Å²) in [5.74, 6) is -1.71. The number of ether oxygens (including phenoxy) is 1. The van der Waals surface area contributed by atoms with Crippen molar-refractivity contribution in [1.29, 1.82) is 5.26 Å². The van der Waals surface area contributed by atoms with Crippen LogP contribution in [0, 0.1) is 24.2 Å². The first-order chi connectivity index (χ1) is 8.01. The van der Waals surface area contributed by atoms with Crippen LogP contribution in [0.3, 0.4) is 0 Å². The molecule has 0 bridgehead atoms. The van der Waals surface area contributed by atoms with E-state index in [0.29, 0.717) is 0 Å². The molecule has 0 heterocycles. The zero-order valence-corrected chi connectivity index (χ0v) is 10.1. The Labute approximate surface area is 100 Å². The summed E-state index contributed by atoms with van der Waals surface area (Å²) in [4.78, 5) is 10.9. The number of carboxylic acids is 1. The van der Waals surface area contributed by atoms with Crippen LogP contribution in [0.5, 0.6) is 5.75 Å². The van der Waals surface area contributed by atoms with E-state index in [9.17, 15) is 4.79 Å². The lowest BCUT2D eigenvalue weighted by molar-refractivity contribution is -0.140. The molecule has 0 spiro atoms. The Balaban J connectivity index is 3.05. The second-order valence-electron chi connectivity index (χ2n) is 3.96. The molecule has 1 N–H and O–H groups in total. The molecule has 0 aromatic heterocycles. The topological polar surface area (TPSA) is 70.3 Å². The van der Waals surface area contributed by atoms with E-state index in [4.69, 9.17) is 15.1 Å². The first-order valence-electron chi connectivity index (χ1n) is 5.28. The van der Waals surface area contributed by atoms with Crippen molar-refractivity contribution in [3.63, 3.8) is 0 Å². The van der Waals surface area contributed by atoms with Crippen LogP contribution in [0.2, 0.25) is 0 Å². The molecule has 0 aliphatic heterocycles. The molecule has 1 rings (SSSR count). The molecule has 17 heavy (non-hydrogen) atoms. The number of carbonyl (C=O) groups is 1. The number of aryl methyl sites for hydroxylation is 1. The lowest BCUT2D eigenvalue weighted by atomic mass is 9.88. The Kier molecular flexibility index (Phi) is 4.11. The minimum Gasteiger partial charge on any atom is -0.496 e. The lowest BCUT2D eigenvalue weighted by Crippen LogP contribution is -2.18. The molecule has 1 aromatic rings. The average Bonchev–Trinajstić information content (AvgIpc) is 2.29. The molecule has 0 radical (unpaired) electrons. The van der Waals surface area contributed by atoms with Crippen LogP contribution in [0.15, 0.2) is 18.2 Å². The van der Waals surface area contributed by atoms with Crippen LogP contribution < -0.4 is 4.74 Å². The highest BCUT2D eigenvalue weighted by molar-refractivity contribution is 5.74. The number of carboxylic acid groups (broad SMARTS) is 1. The second kappa shape index (κ2) is 5.35. The van der Waals surface area contributed by atoms with Gasteiger partial charge >= 0.3 is 5.97 Å². The van der Waals surface area contributed by atoms with Gasteiger partial charge in [-0.3, -0.25) is 4.79 Å². The molecule has 4 nitrogen and oxygen atoms in total. The number of nitriles is 1. The smallest absolute Gasteiger partial charge is 0.321 e. The molecule has 2 unspecified atom stereocenters. The number of nitrogens with zero attached hydrogens (tertiary/aromatic N) is 1. The largest absolute Gasteiger partial charge is 0.496 e. The first kappa shape index (κ1) is 13.0. The van der Waals surface area contributed by atoms with Gasteiger partial charge in [0.15, 0.2) is 0 Å². The zero-order chi connectivity index (χ0) is 13.0. The number of rotatable bonds is 4. The maximum absolute atomic E-state index is 10.9. The number of hydrogen-bond donors (Lipinski definition) is 1. The van der Waals surface area contributed by atoms with E-state index in [0.717, 1.165) is 16.9 Å². The average molecular weight is 233 g/mol. The molecule has 0 saturated heterocycles. The maximum Gasteiger partial charge on any atom is 0.321 e. The quantitative estimate of drug-likeness (QED) is 0.866. The number of aliphatic carboxylic acids is 1. The Bertz CT molecular complexity index is 462. The molecule has 4 heteroatoms. The van der Waals surface area contributed by atoms with Gasteiger partial charge in [-0.1, -0.05) is 19.1 Å². The summed E-state index contributed by atoms with van der Waals surface area (Å²) in [5.41, 5.74) is 1.76. The predicted octanol–water partition coefficient (Wildman–Crippen LogP) is 2.33. The summed E-state index contributed by atoms with van der Waals surface area (Å²) < 4.78 is 5.13. The highest BCUT2D eigenvalue weighted by Gasteiger charge is 2.25. The Morgan fingerprint density at radius 3 is 2.59 bits per heavy atom. The molecule has 0 amide bonds. The molecule has 0 aliphatic carbocycles. The predicted molar refractivity (Wildman–Crippen MR) is 62.9 cm³/mol. The SMILES string of the molecule is COc1ccc(C(C)C(C#N)C(=O)O)cc1C. The van der Waals surface area contributed by atoms with Crippen molar-refractivity contribution in [1.82, 2.24) is 0 Å². The minimum absolute atomic E-state index is 0.345. The molecular weight excluding hydrogens is 218 g/mol. The second-order valence-corrected chi connectivity index (χ2v) is 3.96. The van der Waals surface area contributed by atoms with E-state index >= 15 is 0 Å². The van der Waals surface area contributed by atoms with Crippen LogP contribution in [-0.4, -0.2) is 18.2 Å². The van der Waals surface area contributed by atoms with Crippen molar-refractivity contribution in [2.45, 2.75) is 19.8 Å². The standard InChI is InChI=1S/C13H15NO3/c1-8-6-10(4-5-12(8)17-3)9(2)11(7-14)13(15)16/h4-6,9,11H,1-3H3,(H,15,16). The fraction of sp³-hybridized carbons (Fsp3) is 0.385. The van der Waals surface area contributed by atoms with Gasteiger partial charge in [0.1, 0.15) is 11.7 Å². The molecule has 1 aromatic carbocycles. The van der Waals surface area contributed by atoms with Gasteiger partial charge in [-0.2, -0.15) is 5.26 Å². The van der Waals surface area contributed by atoms with Crippen molar-refractivity contribution < 1.29 is 14.6 Å². The summed E-state index contributed by atoms with van der Waals surface area (Å²) in [6.07, 6.45) is 0. The van der Waals surface area contributed by atoms with Crippen LogP contribution in [0.1, 0.15) is 24.0 Å². The van der Waals surface area contributed by atoms with Crippen molar-refractivity contribution in [3.8, 4) is 11.8 Å². The van der Waals surface area contributed by atoms with Crippen molar-refractivity contribution in [3.05, 3.63) is 29.3 Å². The normalized spacial score (nSPS) is 13.5. The van der Waals surface area contributed by atoms with E-state index in [1.54, 1.807) is 26.2 Å². The number of benzene rings is 1. The van der Waals surface area contributed by atoms with Crippen LogP contribution in [0.4, 0.5) is 0 Å². The molecule has 90 valence electrons. The molecule has 0 fully saturated rings.